The maximum atomic E-state index is 6.17. The van der Waals surface area contributed by atoms with Gasteiger partial charge in [-0.25, -0.2) is 0 Å². The molecule has 0 aromatic heterocycles. The van der Waals surface area contributed by atoms with Crippen molar-refractivity contribution in [2.75, 3.05) is 19.7 Å². The highest BCUT2D eigenvalue weighted by Gasteiger charge is 2.50. The van der Waals surface area contributed by atoms with E-state index in [1.807, 2.05) is 0 Å². The van der Waals surface area contributed by atoms with Gasteiger partial charge in [-0.1, -0.05) is 38.1 Å². The Morgan fingerprint density at radius 3 is 2.48 bits per heavy atom. The Kier molecular flexibility index (Phi) is 4.66. The lowest BCUT2D eigenvalue weighted by Crippen LogP contribution is -2.43. The molecule has 1 heterocycles. The van der Waals surface area contributed by atoms with E-state index in [9.17, 15) is 0 Å². The third-order valence-corrected chi connectivity index (χ3v) is 5.27. The number of hydrogen-bond donors (Lipinski definition) is 1. The molecule has 2 fully saturated rings. The number of nitrogens with one attached hydrogen (secondary N) is 1. The van der Waals surface area contributed by atoms with Crippen LogP contribution in [0.1, 0.15) is 44.2 Å². The van der Waals surface area contributed by atoms with Crippen LogP contribution < -0.4 is 5.32 Å². The van der Waals surface area contributed by atoms with Crippen LogP contribution in [0.15, 0.2) is 24.3 Å². The Morgan fingerprint density at radius 2 is 1.86 bits per heavy atom. The highest BCUT2D eigenvalue weighted by molar-refractivity contribution is 5.24. The van der Waals surface area contributed by atoms with Gasteiger partial charge in [-0.05, 0) is 55.7 Å². The second-order valence-corrected chi connectivity index (χ2v) is 6.87. The summed E-state index contributed by atoms with van der Waals surface area (Å²) in [4.78, 5) is 0. The van der Waals surface area contributed by atoms with Gasteiger partial charge >= 0.3 is 0 Å². The third-order valence-electron chi connectivity index (χ3n) is 5.27. The zero-order valence-corrected chi connectivity index (χ0v) is 13.5. The van der Waals surface area contributed by atoms with Crippen LogP contribution in [0.5, 0.6) is 0 Å². The fourth-order valence-corrected chi connectivity index (χ4v) is 3.86. The fraction of sp³-hybridized carbons (Fsp3) is 0.684. The van der Waals surface area contributed by atoms with E-state index in [4.69, 9.17) is 4.74 Å². The molecule has 21 heavy (non-hydrogen) atoms. The predicted molar refractivity (Wildman–Crippen MR) is 87.6 cm³/mol. The van der Waals surface area contributed by atoms with Gasteiger partial charge < -0.3 is 10.1 Å². The van der Waals surface area contributed by atoms with Crippen LogP contribution in [-0.4, -0.2) is 25.8 Å². The smallest absolute Gasteiger partial charge is 0.0675 e. The summed E-state index contributed by atoms with van der Waals surface area (Å²) in [5, 5.41) is 3.61. The lowest BCUT2D eigenvalue weighted by atomic mass is 9.74. The molecule has 2 heteroatoms. The van der Waals surface area contributed by atoms with E-state index >= 15 is 0 Å². The molecule has 1 saturated carbocycles. The zero-order valence-electron chi connectivity index (χ0n) is 13.5. The second-order valence-electron chi connectivity index (χ2n) is 6.87. The van der Waals surface area contributed by atoms with Crippen LogP contribution in [0.25, 0.3) is 0 Å². The van der Waals surface area contributed by atoms with Gasteiger partial charge in [0.05, 0.1) is 6.10 Å². The summed E-state index contributed by atoms with van der Waals surface area (Å²) in [5.41, 5.74) is 3.22. The summed E-state index contributed by atoms with van der Waals surface area (Å²) in [6, 6.07) is 9.24. The normalized spacial score (nSPS) is 29.0. The molecule has 3 rings (SSSR count). The van der Waals surface area contributed by atoms with Crippen molar-refractivity contribution in [3.05, 3.63) is 35.4 Å². The summed E-state index contributed by atoms with van der Waals surface area (Å²) in [5.74, 6) is 0.820. The molecular formula is C19H29NO. The third kappa shape index (κ3) is 3.32. The SMILES string of the molecule is CCNCC1(Cc2ccc(CC)cc2)CCOC1C1CC1. The molecule has 1 aromatic rings. The highest BCUT2D eigenvalue weighted by Crippen LogP contribution is 2.49. The van der Waals surface area contributed by atoms with Gasteiger partial charge in [-0.15, -0.1) is 0 Å². The van der Waals surface area contributed by atoms with Gasteiger partial charge in [0.25, 0.3) is 0 Å². The Bertz CT molecular complexity index is 451. The lowest BCUT2D eigenvalue weighted by Gasteiger charge is -2.35. The summed E-state index contributed by atoms with van der Waals surface area (Å²) < 4.78 is 6.17. The van der Waals surface area contributed by atoms with Crippen molar-refractivity contribution in [3.8, 4) is 0 Å². The van der Waals surface area contributed by atoms with Crippen LogP contribution in [-0.2, 0) is 17.6 Å². The Hall–Kier alpha value is -0.860. The Morgan fingerprint density at radius 1 is 1.14 bits per heavy atom. The van der Waals surface area contributed by atoms with Crippen molar-refractivity contribution in [1.29, 1.82) is 0 Å². The predicted octanol–water partition coefficient (Wildman–Crippen LogP) is 3.59. The van der Waals surface area contributed by atoms with Crippen molar-refractivity contribution >= 4 is 0 Å². The quantitative estimate of drug-likeness (QED) is 0.827. The minimum atomic E-state index is 0.310. The summed E-state index contributed by atoms with van der Waals surface area (Å²) in [6.07, 6.45) is 6.70. The maximum absolute atomic E-state index is 6.17. The molecule has 2 atom stereocenters. The van der Waals surface area contributed by atoms with Crippen LogP contribution in [0.3, 0.4) is 0 Å². The molecule has 0 spiro atoms. The van der Waals surface area contributed by atoms with Crippen molar-refractivity contribution in [2.24, 2.45) is 11.3 Å². The van der Waals surface area contributed by atoms with Gasteiger partial charge in [-0.2, -0.15) is 0 Å². The molecule has 116 valence electrons. The van der Waals surface area contributed by atoms with Gasteiger partial charge in [0.2, 0.25) is 0 Å². The summed E-state index contributed by atoms with van der Waals surface area (Å²) in [6.45, 7) is 7.51. The molecule has 1 aliphatic heterocycles. The molecule has 2 unspecified atom stereocenters. The largest absolute Gasteiger partial charge is 0.377 e. The first kappa shape index (κ1) is 15.1. The molecule has 0 bridgehead atoms. The average Bonchev–Trinajstić information content (AvgIpc) is 3.28. The number of aryl methyl sites for hydroxylation is 1. The fourth-order valence-electron chi connectivity index (χ4n) is 3.86. The van der Waals surface area contributed by atoms with E-state index in [2.05, 4.69) is 43.4 Å². The van der Waals surface area contributed by atoms with Crippen molar-refractivity contribution in [1.82, 2.24) is 5.32 Å². The van der Waals surface area contributed by atoms with Gasteiger partial charge in [0.15, 0.2) is 0 Å². The molecular weight excluding hydrogens is 258 g/mol. The topological polar surface area (TPSA) is 21.3 Å². The number of ether oxygens (including phenoxy) is 1. The van der Waals surface area contributed by atoms with Gasteiger partial charge in [-0.3, -0.25) is 0 Å². The highest BCUT2D eigenvalue weighted by atomic mass is 16.5. The van der Waals surface area contributed by atoms with Crippen LogP contribution >= 0.6 is 0 Å². The van der Waals surface area contributed by atoms with Crippen molar-refractivity contribution in [2.45, 2.75) is 52.1 Å². The number of hydrogen-bond acceptors (Lipinski definition) is 2. The first-order valence-corrected chi connectivity index (χ1v) is 8.67. The minimum absolute atomic E-state index is 0.310. The number of benzene rings is 1. The molecule has 1 saturated heterocycles. The molecule has 2 nitrogen and oxygen atoms in total. The first-order valence-electron chi connectivity index (χ1n) is 8.67. The lowest BCUT2D eigenvalue weighted by molar-refractivity contribution is 0.0309. The number of rotatable bonds is 7. The molecule has 1 aromatic carbocycles. The summed E-state index contributed by atoms with van der Waals surface area (Å²) >= 11 is 0. The standard InChI is InChI=1S/C19H29NO/c1-3-15-5-7-16(8-6-15)13-19(14-20-4-2)11-12-21-18(19)17-9-10-17/h5-8,17-18,20H,3-4,9-14H2,1-2H3. The van der Waals surface area contributed by atoms with E-state index in [0.717, 1.165) is 38.5 Å². The average molecular weight is 287 g/mol. The van der Waals surface area contributed by atoms with E-state index < -0.39 is 0 Å². The van der Waals surface area contributed by atoms with Crippen LogP contribution in [0.4, 0.5) is 0 Å². The van der Waals surface area contributed by atoms with Crippen LogP contribution in [0, 0.1) is 11.3 Å². The molecule has 2 aliphatic rings. The van der Waals surface area contributed by atoms with Crippen molar-refractivity contribution in [3.63, 3.8) is 0 Å². The van der Waals surface area contributed by atoms with Gasteiger partial charge in [0, 0.05) is 18.6 Å². The van der Waals surface area contributed by atoms with E-state index in [1.165, 1.54) is 30.4 Å². The molecule has 0 radical (unpaired) electrons. The van der Waals surface area contributed by atoms with E-state index in [1.54, 1.807) is 0 Å². The molecule has 1 aliphatic carbocycles. The van der Waals surface area contributed by atoms with E-state index in [-0.39, 0.29) is 0 Å². The Labute approximate surface area is 129 Å². The minimum Gasteiger partial charge on any atom is -0.377 e. The Balaban J connectivity index is 1.77. The van der Waals surface area contributed by atoms with Gasteiger partial charge in [0.1, 0.15) is 0 Å². The first-order chi connectivity index (χ1) is 10.3. The van der Waals surface area contributed by atoms with E-state index in [0.29, 0.717) is 11.5 Å². The van der Waals surface area contributed by atoms with Crippen LogP contribution in [0.2, 0.25) is 0 Å². The monoisotopic (exact) mass is 287 g/mol. The summed E-state index contributed by atoms with van der Waals surface area (Å²) in [7, 11) is 0. The zero-order chi connectivity index (χ0) is 14.7. The molecule has 1 N–H and O–H groups in total. The molecule has 0 amide bonds. The maximum Gasteiger partial charge on any atom is 0.0675 e. The van der Waals surface area contributed by atoms with Crippen molar-refractivity contribution < 1.29 is 4.74 Å². The second kappa shape index (κ2) is 6.50.